The number of ketones is 1. The van der Waals surface area contributed by atoms with E-state index >= 15 is 0 Å². The standard InChI is InChI=1S/C13H14OS/c14-11-6-3-5-10-8-9-4-1-2-7-12(9)15-13(10)11/h3,5,7,9H,1-2,4,6,8H2. The van der Waals surface area contributed by atoms with Gasteiger partial charge in [0.2, 0.25) is 0 Å². The van der Waals surface area contributed by atoms with Crippen molar-refractivity contribution < 1.29 is 4.79 Å². The third-order valence-corrected chi connectivity index (χ3v) is 4.79. The Hall–Kier alpha value is -0.760. The lowest BCUT2D eigenvalue weighted by Gasteiger charge is -2.31. The molecular weight excluding hydrogens is 204 g/mol. The van der Waals surface area contributed by atoms with Crippen LogP contribution in [0.15, 0.2) is 33.6 Å². The van der Waals surface area contributed by atoms with Gasteiger partial charge in [-0.15, -0.1) is 0 Å². The normalized spacial score (nSPS) is 29.7. The van der Waals surface area contributed by atoms with Crippen molar-refractivity contribution in [2.45, 2.75) is 32.1 Å². The van der Waals surface area contributed by atoms with Gasteiger partial charge < -0.3 is 0 Å². The van der Waals surface area contributed by atoms with Crippen LogP contribution in [0.4, 0.5) is 0 Å². The summed E-state index contributed by atoms with van der Waals surface area (Å²) in [5, 5.41) is 0. The number of carbonyl (C=O) groups excluding carboxylic acids is 1. The van der Waals surface area contributed by atoms with Gasteiger partial charge in [-0.25, -0.2) is 0 Å². The summed E-state index contributed by atoms with van der Waals surface area (Å²) in [6.45, 7) is 0. The van der Waals surface area contributed by atoms with Crippen LogP contribution >= 0.6 is 11.8 Å². The first-order chi connectivity index (χ1) is 7.34. The van der Waals surface area contributed by atoms with E-state index in [-0.39, 0.29) is 0 Å². The fourth-order valence-corrected chi connectivity index (χ4v) is 3.85. The molecule has 1 atom stereocenters. The predicted octanol–water partition coefficient (Wildman–Crippen LogP) is 3.59. The maximum Gasteiger partial charge on any atom is 0.173 e. The Morgan fingerprint density at radius 1 is 1.40 bits per heavy atom. The molecule has 0 radical (unpaired) electrons. The highest BCUT2D eigenvalue weighted by atomic mass is 32.2. The summed E-state index contributed by atoms with van der Waals surface area (Å²) in [7, 11) is 0. The number of fused-ring (bicyclic) bond motifs is 1. The molecule has 2 heteroatoms. The minimum absolute atomic E-state index is 0.322. The lowest BCUT2D eigenvalue weighted by atomic mass is 9.87. The van der Waals surface area contributed by atoms with Gasteiger partial charge in [-0.05, 0) is 42.1 Å². The molecular formula is C13H14OS. The quantitative estimate of drug-likeness (QED) is 0.618. The Bertz CT molecular complexity index is 401. The number of hydrogen-bond donors (Lipinski definition) is 0. The molecule has 3 rings (SSSR count). The van der Waals surface area contributed by atoms with Gasteiger partial charge in [0, 0.05) is 6.42 Å². The molecule has 0 aromatic heterocycles. The van der Waals surface area contributed by atoms with Gasteiger partial charge in [-0.2, -0.15) is 0 Å². The van der Waals surface area contributed by atoms with Crippen molar-refractivity contribution in [3.63, 3.8) is 0 Å². The number of hydrogen-bond acceptors (Lipinski definition) is 2. The van der Waals surface area contributed by atoms with Crippen LogP contribution in [0.25, 0.3) is 0 Å². The van der Waals surface area contributed by atoms with Gasteiger partial charge in [0.15, 0.2) is 5.78 Å². The summed E-state index contributed by atoms with van der Waals surface area (Å²) in [5.41, 5.74) is 1.29. The Kier molecular flexibility index (Phi) is 2.32. The number of thioether (sulfide) groups is 1. The van der Waals surface area contributed by atoms with Crippen molar-refractivity contribution in [3.05, 3.63) is 33.6 Å². The first kappa shape index (κ1) is 9.46. The molecule has 1 nitrogen and oxygen atoms in total. The van der Waals surface area contributed by atoms with Crippen LogP contribution < -0.4 is 0 Å². The molecule has 0 bridgehead atoms. The zero-order chi connectivity index (χ0) is 10.3. The molecule has 0 aromatic rings. The van der Waals surface area contributed by atoms with Gasteiger partial charge in [0.25, 0.3) is 0 Å². The molecule has 3 aliphatic rings. The van der Waals surface area contributed by atoms with Gasteiger partial charge >= 0.3 is 0 Å². The minimum Gasteiger partial charge on any atom is -0.293 e. The van der Waals surface area contributed by atoms with Crippen LogP contribution in [0.5, 0.6) is 0 Å². The third-order valence-electron chi connectivity index (χ3n) is 3.36. The molecule has 0 amide bonds. The molecule has 15 heavy (non-hydrogen) atoms. The second kappa shape index (κ2) is 3.67. The zero-order valence-electron chi connectivity index (χ0n) is 8.66. The third kappa shape index (κ3) is 1.61. The van der Waals surface area contributed by atoms with Crippen molar-refractivity contribution in [2.75, 3.05) is 0 Å². The van der Waals surface area contributed by atoms with E-state index in [0.717, 1.165) is 11.3 Å². The van der Waals surface area contributed by atoms with Crippen molar-refractivity contribution >= 4 is 17.5 Å². The summed E-state index contributed by atoms with van der Waals surface area (Å²) in [6.07, 6.45) is 12.0. The molecule has 1 heterocycles. The fourth-order valence-electron chi connectivity index (χ4n) is 2.57. The van der Waals surface area contributed by atoms with E-state index in [4.69, 9.17) is 0 Å². The van der Waals surface area contributed by atoms with Crippen molar-refractivity contribution in [1.29, 1.82) is 0 Å². The Balaban J connectivity index is 1.97. The van der Waals surface area contributed by atoms with E-state index in [1.807, 2.05) is 6.08 Å². The molecule has 1 unspecified atom stereocenters. The highest BCUT2D eigenvalue weighted by Crippen LogP contribution is 2.48. The van der Waals surface area contributed by atoms with Crippen molar-refractivity contribution in [3.8, 4) is 0 Å². The van der Waals surface area contributed by atoms with Gasteiger partial charge in [0.05, 0.1) is 4.91 Å². The largest absolute Gasteiger partial charge is 0.293 e. The second-order valence-electron chi connectivity index (χ2n) is 4.42. The maximum absolute atomic E-state index is 11.7. The smallest absolute Gasteiger partial charge is 0.173 e. The van der Waals surface area contributed by atoms with Crippen molar-refractivity contribution in [2.24, 2.45) is 5.92 Å². The van der Waals surface area contributed by atoms with Gasteiger partial charge in [-0.3, -0.25) is 4.79 Å². The second-order valence-corrected chi connectivity index (χ2v) is 5.51. The lowest BCUT2D eigenvalue weighted by molar-refractivity contribution is -0.114. The lowest BCUT2D eigenvalue weighted by Crippen LogP contribution is -2.17. The molecule has 0 aromatic carbocycles. The Morgan fingerprint density at radius 3 is 3.27 bits per heavy atom. The van der Waals surface area contributed by atoms with E-state index in [1.165, 1.54) is 29.7 Å². The molecule has 0 spiro atoms. The van der Waals surface area contributed by atoms with E-state index < -0.39 is 0 Å². The molecule has 0 saturated heterocycles. The summed E-state index contributed by atoms with van der Waals surface area (Å²) in [5.74, 6) is 1.03. The maximum atomic E-state index is 11.7. The monoisotopic (exact) mass is 218 g/mol. The average Bonchev–Trinajstić information content (AvgIpc) is 2.27. The minimum atomic E-state index is 0.322. The number of carbonyl (C=O) groups is 1. The van der Waals surface area contributed by atoms with Gasteiger partial charge in [0.1, 0.15) is 0 Å². The molecule has 0 N–H and O–H groups in total. The molecule has 1 aliphatic heterocycles. The summed E-state index contributed by atoms with van der Waals surface area (Å²) >= 11 is 1.75. The predicted molar refractivity (Wildman–Crippen MR) is 63.4 cm³/mol. The van der Waals surface area contributed by atoms with E-state index in [1.54, 1.807) is 11.8 Å². The zero-order valence-corrected chi connectivity index (χ0v) is 9.48. The number of Topliss-reactive ketones (excluding diaryl/α,β-unsaturated/α-hetero) is 1. The van der Waals surface area contributed by atoms with Gasteiger partial charge in [-0.1, -0.05) is 30.0 Å². The van der Waals surface area contributed by atoms with Crippen LogP contribution in [-0.2, 0) is 4.79 Å². The van der Waals surface area contributed by atoms with E-state index in [0.29, 0.717) is 18.1 Å². The molecule has 78 valence electrons. The molecule has 0 saturated carbocycles. The number of allylic oxidation sites excluding steroid dienone is 6. The summed E-state index contributed by atoms with van der Waals surface area (Å²) in [6, 6.07) is 0. The van der Waals surface area contributed by atoms with Crippen LogP contribution in [0, 0.1) is 5.92 Å². The average molecular weight is 218 g/mol. The highest BCUT2D eigenvalue weighted by molar-refractivity contribution is 8.07. The summed E-state index contributed by atoms with van der Waals surface area (Å²) < 4.78 is 0. The summed E-state index contributed by atoms with van der Waals surface area (Å²) in [4.78, 5) is 14.2. The Labute approximate surface area is 94.3 Å². The Morgan fingerprint density at radius 2 is 2.33 bits per heavy atom. The molecule has 2 aliphatic carbocycles. The topological polar surface area (TPSA) is 17.1 Å². The number of rotatable bonds is 0. The van der Waals surface area contributed by atoms with Crippen molar-refractivity contribution in [1.82, 2.24) is 0 Å². The first-order valence-electron chi connectivity index (χ1n) is 5.65. The van der Waals surface area contributed by atoms with Crippen LogP contribution in [0.3, 0.4) is 0 Å². The fraction of sp³-hybridized carbons (Fsp3) is 0.462. The SMILES string of the molecule is O=C1CC=CC2=C1SC1=CCCCC1C2. The highest BCUT2D eigenvalue weighted by Gasteiger charge is 2.30. The van der Waals surface area contributed by atoms with E-state index in [2.05, 4.69) is 12.2 Å². The van der Waals surface area contributed by atoms with Crippen LogP contribution in [0.1, 0.15) is 32.1 Å². The first-order valence-corrected chi connectivity index (χ1v) is 6.47. The van der Waals surface area contributed by atoms with E-state index in [9.17, 15) is 4.79 Å². The molecule has 0 fully saturated rings. The van der Waals surface area contributed by atoms with Crippen LogP contribution in [-0.4, -0.2) is 5.78 Å². The van der Waals surface area contributed by atoms with Crippen LogP contribution in [0.2, 0.25) is 0 Å².